The van der Waals surface area contributed by atoms with E-state index in [1.807, 2.05) is 11.9 Å². The topological polar surface area (TPSA) is 71.6 Å². The largest absolute Gasteiger partial charge is 0.389 e. The summed E-state index contributed by atoms with van der Waals surface area (Å²) in [7, 11) is 3.43. The molecule has 0 saturated carbocycles. The van der Waals surface area contributed by atoms with Gasteiger partial charge in [-0.1, -0.05) is 11.6 Å². The minimum Gasteiger partial charge on any atom is -0.389 e. The molecule has 1 rings (SSSR count). The second kappa shape index (κ2) is 6.76. The lowest BCUT2D eigenvalue weighted by molar-refractivity contribution is 0.0417. The molecular formula is C11H18ClN3O2. The SMILES string of the molecule is COCC(O)CN(C)Cc1nc(N)ccc1Cl. The highest BCUT2D eigenvalue weighted by atomic mass is 35.5. The van der Waals surface area contributed by atoms with Crippen molar-refractivity contribution in [3.05, 3.63) is 22.8 Å². The molecule has 1 heterocycles. The van der Waals surface area contributed by atoms with Crippen molar-refractivity contribution in [3.63, 3.8) is 0 Å². The van der Waals surface area contributed by atoms with Crippen LogP contribution in [0.1, 0.15) is 5.69 Å². The lowest BCUT2D eigenvalue weighted by Gasteiger charge is -2.20. The Morgan fingerprint density at radius 3 is 2.94 bits per heavy atom. The van der Waals surface area contributed by atoms with Crippen LogP contribution in [-0.4, -0.2) is 48.4 Å². The molecule has 0 saturated heterocycles. The fourth-order valence-corrected chi connectivity index (χ4v) is 1.70. The second-order valence-electron chi connectivity index (χ2n) is 3.97. The highest BCUT2D eigenvalue weighted by Gasteiger charge is 2.11. The normalized spacial score (nSPS) is 13.0. The van der Waals surface area contributed by atoms with E-state index in [-0.39, 0.29) is 0 Å². The van der Waals surface area contributed by atoms with Gasteiger partial charge in [-0.25, -0.2) is 4.98 Å². The summed E-state index contributed by atoms with van der Waals surface area (Å²) in [6.45, 7) is 1.33. The zero-order valence-corrected chi connectivity index (χ0v) is 10.8. The molecular weight excluding hydrogens is 242 g/mol. The molecule has 0 fully saturated rings. The fraction of sp³-hybridized carbons (Fsp3) is 0.545. The Balaban J connectivity index is 2.55. The molecule has 0 bridgehead atoms. The minimum atomic E-state index is -0.523. The number of anilines is 1. The van der Waals surface area contributed by atoms with E-state index in [1.54, 1.807) is 19.2 Å². The third-order valence-corrected chi connectivity index (χ3v) is 2.59. The van der Waals surface area contributed by atoms with Gasteiger partial charge in [0.15, 0.2) is 0 Å². The van der Waals surface area contributed by atoms with Gasteiger partial charge in [0.25, 0.3) is 0 Å². The predicted octanol–water partition coefficient (Wildman–Crippen LogP) is 0.756. The van der Waals surface area contributed by atoms with E-state index in [1.165, 1.54) is 0 Å². The van der Waals surface area contributed by atoms with E-state index < -0.39 is 6.10 Å². The summed E-state index contributed by atoms with van der Waals surface area (Å²) >= 11 is 6.01. The van der Waals surface area contributed by atoms with Gasteiger partial charge in [-0.15, -0.1) is 0 Å². The number of nitrogens with zero attached hydrogens (tertiary/aromatic N) is 2. The molecule has 0 aliphatic rings. The zero-order valence-electron chi connectivity index (χ0n) is 10.1. The van der Waals surface area contributed by atoms with E-state index in [4.69, 9.17) is 22.1 Å². The van der Waals surface area contributed by atoms with Crippen molar-refractivity contribution in [2.75, 3.05) is 33.0 Å². The van der Waals surface area contributed by atoms with Crippen LogP contribution in [0.2, 0.25) is 5.02 Å². The Morgan fingerprint density at radius 1 is 1.59 bits per heavy atom. The third-order valence-electron chi connectivity index (χ3n) is 2.24. The van der Waals surface area contributed by atoms with Gasteiger partial charge < -0.3 is 15.6 Å². The highest BCUT2D eigenvalue weighted by Crippen LogP contribution is 2.16. The number of aromatic nitrogens is 1. The van der Waals surface area contributed by atoms with E-state index >= 15 is 0 Å². The molecule has 6 heteroatoms. The van der Waals surface area contributed by atoms with Gasteiger partial charge in [0.1, 0.15) is 5.82 Å². The van der Waals surface area contributed by atoms with Crippen molar-refractivity contribution in [1.29, 1.82) is 0 Å². The first-order valence-corrected chi connectivity index (χ1v) is 5.67. The number of halogens is 1. The number of rotatable bonds is 6. The van der Waals surface area contributed by atoms with E-state index in [0.29, 0.717) is 36.2 Å². The van der Waals surface area contributed by atoms with Gasteiger partial charge in [-0.05, 0) is 19.2 Å². The number of nitrogens with two attached hydrogens (primary N) is 1. The number of pyridine rings is 1. The van der Waals surface area contributed by atoms with Crippen LogP contribution in [0.4, 0.5) is 5.82 Å². The molecule has 0 amide bonds. The third kappa shape index (κ3) is 4.87. The highest BCUT2D eigenvalue weighted by molar-refractivity contribution is 6.31. The van der Waals surface area contributed by atoms with E-state index in [9.17, 15) is 5.11 Å². The Kier molecular flexibility index (Phi) is 5.64. The summed E-state index contributed by atoms with van der Waals surface area (Å²) in [5.41, 5.74) is 6.30. The first kappa shape index (κ1) is 14.2. The first-order chi connectivity index (χ1) is 8.02. The van der Waals surface area contributed by atoms with E-state index in [0.717, 1.165) is 0 Å². The average molecular weight is 260 g/mol. The maximum absolute atomic E-state index is 9.58. The van der Waals surface area contributed by atoms with Gasteiger partial charge >= 0.3 is 0 Å². The number of ether oxygens (including phenoxy) is 1. The number of nitrogen functional groups attached to an aromatic ring is 1. The van der Waals surface area contributed by atoms with E-state index in [2.05, 4.69) is 4.98 Å². The monoisotopic (exact) mass is 259 g/mol. The van der Waals surface area contributed by atoms with Gasteiger partial charge in [0, 0.05) is 20.2 Å². The molecule has 0 aliphatic carbocycles. The Bertz CT molecular complexity index is 363. The first-order valence-electron chi connectivity index (χ1n) is 5.29. The molecule has 96 valence electrons. The fourth-order valence-electron chi connectivity index (χ4n) is 1.54. The Labute approximate surface area is 106 Å². The van der Waals surface area contributed by atoms with Crippen LogP contribution in [0.15, 0.2) is 12.1 Å². The molecule has 0 spiro atoms. The number of likely N-dealkylation sites (N-methyl/N-ethyl adjacent to an activating group) is 1. The zero-order chi connectivity index (χ0) is 12.8. The maximum atomic E-state index is 9.58. The molecule has 1 aromatic heterocycles. The molecule has 0 aliphatic heterocycles. The molecule has 1 unspecified atom stereocenters. The van der Waals surface area contributed by atoms with Crippen LogP contribution < -0.4 is 5.73 Å². The molecule has 5 nitrogen and oxygen atoms in total. The summed E-state index contributed by atoms with van der Waals surface area (Å²) in [4.78, 5) is 6.07. The summed E-state index contributed by atoms with van der Waals surface area (Å²) < 4.78 is 4.86. The molecule has 17 heavy (non-hydrogen) atoms. The lowest BCUT2D eigenvalue weighted by Crippen LogP contribution is -2.31. The number of hydrogen-bond acceptors (Lipinski definition) is 5. The molecule has 0 radical (unpaired) electrons. The number of methoxy groups -OCH3 is 1. The second-order valence-corrected chi connectivity index (χ2v) is 4.38. The van der Waals surface area contributed by atoms with Crippen molar-refractivity contribution < 1.29 is 9.84 Å². The van der Waals surface area contributed by atoms with Crippen molar-refractivity contribution in [3.8, 4) is 0 Å². The minimum absolute atomic E-state index is 0.308. The maximum Gasteiger partial charge on any atom is 0.123 e. The van der Waals surface area contributed by atoms with Crippen molar-refractivity contribution in [2.45, 2.75) is 12.6 Å². The molecule has 0 aromatic carbocycles. The van der Waals surface area contributed by atoms with Gasteiger partial charge in [-0.2, -0.15) is 0 Å². The van der Waals surface area contributed by atoms with Crippen LogP contribution in [0.25, 0.3) is 0 Å². The molecule has 3 N–H and O–H groups in total. The molecule has 1 aromatic rings. The van der Waals surface area contributed by atoms with Crippen LogP contribution in [0.3, 0.4) is 0 Å². The lowest BCUT2D eigenvalue weighted by atomic mass is 10.3. The van der Waals surface area contributed by atoms with Gasteiger partial charge in [0.2, 0.25) is 0 Å². The van der Waals surface area contributed by atoms with Crippen LogP contribution in [0, 0.1) is 0 Å². The molecule has 1 atom stereocenters. The number of aliphatic hydroxyl groups is 1. The summed E-state index contributed by atoms with van der Waals surface area (Å²) in [6, 6.07) is 3.38. The smallest absolute Gasteiger partial charge is 0.123 e. The summed E-state index contributed by atoms with van der Waals surface area (Å²) in [5.74, 6) is 0.440. The van der Waals surface area contributed by atoms with Crippen LogP contribution in [0.5, 0.6) is 0 Å². The summed E-state index contributed by atoms with van der Waals surface area (Å²) in [6.07, 6.45) is -0.523. The summed E-state index contributed by atoms with van der Waals surface area (Å²) in [5, 5.41) is 10.2. The van der Waals surface area contributed by atoms with Crippen molar-refractivity contribution >= 4 is 17.4 Å². The van der Waals surface area contributed by atoms with Crippen LogP contribution >= 0.6 is 11.6 Å². The number of hydrogen-bond donors (Lipinski definition) is 2. The van der Waals surface area contributed by atoms with Gasteiger partial charge in [-0.3, -0.25) is 4.90 Å². The van der Waals surface area contributed by atoms with Gasteiger partial charge in [0.05, 0.1) is 23.4 Å². The Hall–Kier alpha value is -0.880. The average Bonchev–Trinajstić information content (AvgIpc) is 2.23. The quantitative estimate of drug-likeness (QED) is 0.789. The van der Waals surface area contributed by atoms with Crippen molar-refractivity contribution in [2.24, 2.45) is 0 Å². The van der Waals surface area contributed by atoms with Crippen LogP contribution in [-0.2, 0) is 11.3 Å². The Morgan fingerprint density at radius 2 is 2.29 bits per heavy atom. The number of aliphatic hydroxyl groups excluding tert-OH is 1. The standard InChI is InChI=1S/C11H18ClN3O2/c1-15(5-8(16)7-17-2)6-10-9(12)3-4-11(13)14-10/h3-4,8,16H,5-7H2,1-2H3,(H2,13,14). The van der Waals surface area contributed by atoms with Crippen molar-refractivity contribution in [1.82, 2.24) is 9.88 Å². The predicted molar refractivity (Wildman–Crippen MR) is 67.9 cm³/mol.